The third-order valence-electron chi connectivity index (χ3n) is 9.15. The fourth-order valence-electron chi connectivity index (χ4n) is 6.05. The van der Waals surface area contributed by atoms with E-state index in [0.29, 0.717) is 42.0 Å². The maximum atomic E-state index is 13.3. The Labute approximate surface area is 349 Å². The largest absolute Gasteiger partial charge is 0.465 e. The average molecular weight is 865 g/mol. The molecule has 2 saturated heterocycles. The van der Waals surface area contributed by atoms with Crippen LogP contribution in [0.1, 0.15) is 117 Å². The van der Waals surface area contributed by atoms with Crippen molar-refractivity contribution in [1.82, 2.24) is 10.6 Å². The number of carbonyl (C=O) groups excluding carboxylic acids is 4. The molecule has 3 N–H and O–H groups in total. The Balaban J connectivity index is 0.000000458. The minimum atomic E-state index is -4.52. The van der Waals surface area contributed by atoms with Crippen LogP contribution in [-0.2, 0) is 40.9 Å². The molecule has 18 heteroatoms. The molecule has 0 atom stereocenters. The molecule has 2 aliphatic heterocycles. The highest BCUT2D eigenvalue weighted by atomic mass is 19.4. The zero-order valence-corrected chi connectivity index (χ0v) is 36.5. The molecule has 2 fully saturated rings. The van der Waals surface area contributed by atoms with Crippen molar-refractivity contribution in [2.24, 2.45) is 0 Å². The molecular weight excluding hydrogens is 802 g/mol. The van der Waals surface area contributed by atoms with Crippen LogP contribution in [0, 0.1) is 13.8 Å². The SMILES string of the molecule is CC(C)(C)OC=O.CC(C)(C)OC=O.CCN(c1cc(C(F)(F)F)cc(C(=O)OC)c1C)C1CCNCC1.COC(=O)c1cc(C(F)(F)F)cc(NC2CCNCC2)c1C. The first kappa shape index (κ1) is 53.4. The second-order valence-corrected chi connectivity index (χ2v) is 15.9. The highest BCUT2D eigenvalue weighted by Gasteiger charge is 2.35. The van der Waals surface area contributed by atoms with Gasteiger partial charge >= 0.3 is 24.3 Å². The summed E-state index contributed by atoms with van der Waals surface area (Å²) in [4.78, 5) is 44.8. The van der Waals surface area contributed by atoms with E-state index >= 15 is 0 Å². The fourth-order valence-corrected chi connectivity index (χ4v) is 6.05. The second-order valence-electron chi connectivity index (χ2n) is 15.9. The number of alkyl halides is 6. The molecule has 0 saturated carbocycles. The summed E-state index contributed by atoms with van der Waals surface area (Å²) in [6.07, 6.45) is -5.67. The number of methoxy groups -OCH3 is 2. The predicted octanol–water partition coefficient (Wildman–Crippen LogP) is 8.26. The second kappa shape index (κ2) is 24.0. The number of esters is 2. The van der Waals surface area contributed by atoms with E-state index in [4.69, 9.17) is 0 Å². The number of halogens is 6. The van der Waals surface area contributed by atoms with E-state index in [9.17, 15) is 45.5 Å². The number of carbonyl (C=O) groups is 4. The van der Waals surface area contributed by atoms with E-state index < -0.39 is 35.4 Å². The van der Waals surface area contributed by atoms with Gasteiger partial charge in [0, 0.05) is 30.0 Å². The number of ether oxygens (including phenoxy) is 4. The van der Waals surface area contributed by atoms with Gasteiger partial charge in [-0.15, -0.1) is 0 Å². The van der Waals surface area contributed by atoms with Gasteiger partial charge in [0.25, 0.3) is 12.9 Å². The van der Waals surface area contributed by atoms with Crippen LogP contribution in [0.4, 0.5) is 37.7 Å². The molecule has 2 aliphatic rings. The van der Waals surface area contributed by atoms with Crippen LogP contribution in [0.3, 0.4) is 0 Å². The lowest BCUT2D eigenvalue weighted by atomic mass is 9.98. The normalized spacial score (nSPS) is 14.9. The van der Waals surface area contributed by atoms with Gasteiger partial charge < -0.3 is 39.8 Å². The molecule has 2 aromatic rings. The van der Waals surface area contributed by atoms with E-state index in [-0.39, 0.29) is 34.4 Å². The number of hydrogen-bond acceptors (Lipinski definition) is 12. The fraction of sp³-hybridized carbons (Fsp3) is 0.619. The lowest BCUT2D eigenvalue weighted by molar-refractivity contribution is -0.139. The van der Waals surface area contributed by atoms with Crippen LogP contribution in [0.5, 0.6) is 0 Å². The maximum Gasteiger partial charge on any atom is 0.416 e. The number of anilines is 2. The lowest BCUT2D eigenvalue weighted by Crippen LogP contribution is -2.43. The van der Waals surface area contributed by atoms with Gasteiger partial charge in [0.05, 0.1) is 36.5 Å². The van der Waals surface area contributed by atoms with Gasteiger partial charge in [-0.05, 0) is 150 Å². The van der Waals surface area contributed by atoms with Crippen molar-refractivity contribution in [2.75, 3.05) is 57.2 Å². The molecule has 0 bridgehead atoms. The molecule has 0 aromatic heterocycles. The summed E-state index contributed by atoms with van der Waals surface area (Å²) in [7, 11) is 2.33. The molecule has 0 spiro atoms. The maximum absolute atomic E-state index is 13.3. The Morgan fingerprint density at radius 2 is 1.10 bits per heavy atom. The van der Waals surface area contributed by atoms with E-state index in [2.05, 4.69) is 34.9 Å². The van der Waals surface area contributed by atoms with Gasteiger partial charge in [-0.3, -0.25) is 9.59 Å². The van der Waals surface area contributed by atoms with Gasteiger partial charge in [0.2, 0.25) is 0 Å². The van der Waals surface area contributed by atoms with E-state index in [1.54, 1.807) is 13.8 Å². The van der Waals surface area contributed by atoms with Crippen molar-refractivity contribution in [3.8, 4) is 0 Å². The van der Waals surface area contributed by atoms with Crippen molar-refractivity contribution in [3.63, 3.8) is 0 Å². The first-order valence-corrected chi connectivity index (χ1v) is 19.5. The number of nitrogens with zero attached hydrogens (tertiary/aromatic N) is 1. The summed E-state index contributed by atoms with van der Waals surface area (Å²) in [5.74, 6) is -1.52. The van der Waals surface area contributed by atoms with Gasteiger partial charge in [0.15, 0.2) is 0 Å². The summed E-state index contributed by atoms with van der Waals surface area (Å²) < 4.78 is 97.3. The number of piperidine rings is 2. The minimum absolute atomic E-state index is 0.0327. The van der Waals surface area contributed by atoms with Crippen LogP contribution in [0.2, 0.25) is 0 Å². The number of hydrogen-bond donors (Lipinski definition) is 3. The van der Waals surface area contributed by atoms with Crippen molar-refractivity contribution >= 4 is 36.3 Å². The molecule has 340 valence electrons. The van der Waals surface area contributed by atoms with E-state index in [1.165, 1.54) is 7.11 Å². The number of nitrogens with one attached hydrogen (secondary N) is 3. The van der Waals surface area contributed by atoms with Gasteiger partial charge in [-0.25, -0.2) is 9.59 Å². The van der Waals surface area contributed by atoms with Crippen molar-refractivity contribution in [2.45, 2.75) is 124 Å². The summed E-state index contributed by atoms with van der Waals surface area (Å²) in [6.45, 7) is 20.9. The number of benzene rings is 2. The van der Waals surface area contributed by atoms with Crippen molar-refractivity contribution in [1.29, 1.82) is 0 Å². The van der Waals surface area contributed by atoms with Gasteiger partial charge in [-0.2, -0.15) is 26.3 Å². The van der Waals surface area contributed by atoms with Gasteiger partial charge in [0.1, 0.15) is 11.2 Å². The number of rotatable bonds is 9. The van der Waals surface area contributed by atoms with Crippen molar-refractivity contribution < 1.29 is 64.5 Å². The molecular formula is C42H62F6N4O8. The Morgan fingerprint density at radius 1 is 0.700 bits per heavy atom. The highest BCUT2D eigenvalue weighted by molar-refractivity contribution is 5.94. The molecule has 4 rings (SSSR count). The molecule has 0 unspecified atom stereocenters. The van der Waals surface area contributed by atoms with Crippen LogP contribution in [0.25, 0.3) is 0 Å². The van der Waals surface area contributed by atoms with Crippen molar-refractivity contribution in [3.05, 3.63) is 57.6 Å². The van der Waals surface area contributed by atoms with Crippen LogP contribution in [0.15, 0.2) is 24.3 Å². The Kier molecular flexibility index (Phi) is 21.4. The zero-order chi connectivity index (χ0) is 46.1. The summed E-state index contributed by atoms with van der Waals surface area (Å²) >= 11 is 0. The third-order valence-corrected chi connectivity index (χ3v) is 9.15. The summed E-state index contributed by atoms with van der Waals surface area (Å²) in [6, 6.07) is 4.17. The lowest BCUT2D eigenvalue weighted by Gasteiger charge is -2.37. The van der Waals surface area contributed by atoms with E-state index in [0.717, 1.165) is 83.2 Å². The first-order chi connectivity index (χ1) is 27.7. The Hall–Kier alpha value is -4.58. The third kappa shape index (κ3) is 18.4. The summed E-state index contributed by atoms with van der Waals surface area (Å²) in [5, 5.41) is 9.58. The van der Waals surface area contributed by atoms with Crippen LogP contribution in [-0.4, -0.2) is 95.1 Å². The monoisotopic (exact) mass is 864 g/mol. The van der Waals surface area contributed by atoms with Crippen LogP contribution < -0.4 is 20.9 Å². The topological polar surface area (TPSA) is 145 Å². The molecule has 0 radical (unpaired) electrons. The molecule has 12 nitrogen and oxygen atoms in total. The molecule has 60 heavy (non-hydrogen) atoms. The Bertz CT molecular complexity index is 1660. The zero-order valence-electron chi connectivity index (χ0n) is 36.5. The van der Waals surface area contributed by atoms with Gasteiger partial charge in [-0.1, -0.05) is 0 Å². The first-order valence-electron chi connectivity index (χ1n) is 19.5. The highest BCUT2D eigenvalue weighted by Crippen LogP contribution is 2.37. The molecule has 2 heterocycles. The smallest absolute Gasteiger partial charge is 0.416 e. The van der Waals surface area contributed by atoms with Crippen LogP contribution >= 0.6 is 0 Å². The quantitative estimate of drug-likeness (QED) is 0.0967. The summed E-state index contributed by atoms with van der Waals surface area (Å²) in [5.41, 5.74) is -0.617. The minimum Gasteiger partial charge on any atom is -0.465 e. The molecule has 2 aromatic carbocycles. The predicted molar refractivity (Wildman–Crippen MR) is 217 cm³/mol. The molecule has 0 aliphatic carbocycles. The molecule has 0 amide bonds. The standard InChI is InChI=1S/C17H23F3N2O2.C15H19F3N2O2.2C5H10O2/c1-4-22(13-5-7-21-8-6-13)15-10-12(17(18,19)20)9-14(11(15)2)16(23)24-3;1-9-12(14(21)22-2)7-10(15(16,17)18)8-13(9)20-11-3-5-19-6-4-11;2*1-5(2,3)7-4-6/h9-10,13,21H,4-8H2,1-3H3;7-8,11,19-20H,3-6H2,1-2H3;2*4H,1-3H3. The Morgan fingerprint density at radius 3 is 1.45 bits per heavy atom. The average Bonchev–Trinajstić information content (AvgIpc) is 3.15. The van der Waals surface area contributed by atoms with E-state index in [1.807, 2.05) is 53.4 Å².